The molecule has 1 aromatic carbocycles. The van der Waals surface area contributed by atoms with E-state index in [0.29, 0.717) is 9.37 Å². The van der Waals surface area contributed by atoms with Gasteiger partial charge in [-0.2, -0.15) is 0 Å². The molecule has 0 bridgehead atoms. The van der Waals surface area contributed by atoms with Crippen LogP contribution in [0.4, 0.5) is 0 Å². The minimum atomic E-state index is -3.44. The Morgan fingerprint density at radius 1 is 1.33 bits per heavy atom. The van der Waals surface area contributed by atoms with E-state index in [1.165, 1.54) is 0 Å². The normalized spacial score (nSPS) is 23.2. The largest absolute Gasteiger partial charge is 0.241 e. The molecule has 1 aliphatic rings. The Morgan fingerprint density at radius 2 is 2.00 bits per heavy atom. The third-order valence-corrected chi connectivity index (χ3v) is 6.16. The van der Waals surface area contributed by atoms with Crippen molar-refractivity contribution in [3.63, 3.8) is 0 Å². The van der Waals surface area contributed by atoms with E-state index in [0.717, 1.165) is 19.3 Å². The second kappa shape index (κ2) is 4.94. The molecule has 2 rings (SSSR count). The zero-order valence-corrected chi connectivity index (χ0v) is 13.0. The highest BCUT2D eigenvalue weighted by Gasteiger charge is 2.37. The number of sulfonamides is 1. The summed E-state index contributed by atoms with van der Waals surface area (Å²) in [5.74, 6) is 0. The van der Waals surface area contributed by atoms with Crippen molar-refractivity contribution in [2.45, 2.75) is 44.0 Å². The molecule has 18 heavy (non-hydrogen) atoms. The van der Waals surface area contributed by atoms with E-state index in [1.54, 1.807) is 18.2 Å². The van der Waals surface area contributed by atoms with Crippen LogP contribution in [0.1, 0.15) is 33.1 Å². The Labute approximate surface area is 117 Å². The number of hydrogen-bond acceptors (Lipinski definition) is 2. The lowest BCUT2D eigenvalue weighted by atomic mass is 9.88. The standard InChI is InChI=1S/C13H18BrNO2S/c1-13(2)9-5-8-12(13)15-18(16,17)11-7-4-3-6-10(11)14/h3-4,6-7,12,15H,5,8-9H2,1-2H3. The van der Waals surface area contributed by atoms with Crippen molar-refractivity contribution >= 4 is 26.0 Å². The van der Waals surface area contributed by atoms with Crippen LogP contribution in [0.25, 0.3) is 0 Å². The van der Waals surface area contributed by atoms with Gasteiger partial charge >= 0.3 is 0 Å². The molecule has 1 N–H and O–H groups in total. The molecule has 1 unspecified atom stereocenters. The molecule has 0 amide bonds. The van der Waals surface area contributed by atoms with Gasteiger partial charge in [0, 0.05) is 10.5 Å². The van der Waals surface area contributed by atoms with Crippen LogP contribution in [0.15, 0.2) is 33.6 Å². The van der Waals surface area contributed by atoms with Crippen molar-refractivity contribution < 1.29 is 8.42 Å². The number of benzene rings is 1. The number of halogens is 1. The molecule has 0 aromatic heterocycles. The number of hydrogen-bond donors (Lipinski definition) is 1. The molecule has 0 spiro atoms. The molecule has 0 saturated heterocycles. The van der Waals surface area contributed by atoms with Gasteiger partial charge < -0.3 is 0 Å². The van der Waals surface area contributed by atoms with E-state index < -0.39 is 10.0 Å². The summed E-state index contributed by atoms with van der Waals surface area (Å²) in [5.41, 5.74) is 0.0360. The first-order chi connectivity index (χ1) is 8.33. The van der Waals surface area contributed by atoms with Crippen LogP contribution in [-0.2, 0) is 10.0 Å². The summed E-state index contributed by atoms with van der Waals surface area (Å²) in [5, 5.41) is 0. The van der Waals surface area contributed by atoms with Crippen molar-refractivity contribution in [2.75, 3.05) is 0 Å². The van der Waals surface area contributed by atoms with Crippen LogP contribution in [0.5, 0.6) is 0 Å². The van der Waals surface area contributed by atoms with Crippen LogP contribution in [0.2, 0.25) is 0 Å². The fourth-order valence-corrected chi connectivity index (χ4v) is 4.90. The van der Waals surface area contributed by atoms with Gasteiger partial charge in [0.25, 0.3) is 0 Å². The fourth-order valence-electron chi connectivity index (χ4n) is 2.46. The Morgan fingerprint density at radius 3 is 2.56 bits per heavy atom. The maximum atomic E-state index is 12.4. The van der Waals surface area contributed by atoms with E-state index in [-0.39, 0.29) is 11.5 Å². The molecule has 1 saturated carbocycles. The average molecular weight is 332 g/mol. The SMILES string of the molecule is CC1(C)CCCC1NS(=O)(=O)c1ccccc1Br. The summed E-state index contributed by atoms with van der Waals surface area (Å²) < 4.78 is 28.2. The van der Waals surface area contributed by atoms with Gasteiger partial charge in [-0.05, 0) is 46.3 Å². The van der Waals surface area contributed by atoms with Gasteiger partial charge in [0.1, 0.15) is 0 Å². The monoisotopic (exact) mass is 331 g/mol. The molecular weight excluding hydrogens is 314 g/mol. The van der Waals surface area contributed by atoms with Crippen LogP contribution in [0, 0.1) is 5.41 Å². The van der Waals surface area contributed by atoms with Crippen LogP contribution >= 0.6 is 15.9 Å². The lowest BCUT2D eigenvalue weighted by molar-refractivity contribution is 0.313. The Hall–Kier alpha value is -0.390. The lowest BCUT2D eigenvalue weighted by Crippen LogP contribution is -2.41. The highest BCUT2D eigenvalue weighted by atomic mass is 79.9. The predicted molar refractivity (Wildman–Crippen MR) is 75.9 cm³/mol. The van der Waals surface area contributed by atoms with E-state index in [1.807, 2.05) is 6.07 Å². The molecule has 5 heteroatoms. The van der Waals surface area contributed by atoms with Gasteiger partial charge in [0.2, 0.25) is 10.0 Å². The Bertz CT molecular complexity index is 540. The zero-order chi connectivity index (χ0) is 13.4. The molecule has 1 atom stereocenters. The summed E-state index contributed by atoms with van der Waals surface area (Å²) >= 11 is 3.29. The van der Waals surface area contributed by atoms with E-state index >= 15 is 0 Å². The second-order valence-corrected chi connectivity index (χ2v) is 8.02. The Balaban J connectivity index is 2.26. The van der Waals surface area contributed by atoms with Gasteiger partial charge in [0.15, 0.2) is 0 Å². The predicted octanol–water partition coefficient (Wildman–Crippen LogP) is 3.31. The molecular formula is C13H18BrNO2S. The maximum Gasteiger partial charge on any atom is 0.241 e. The lowest BCUT2D eigenvalue weighted by Gasteiger charge is -2.27. The summed E-state index contributed by atoms with van der Waals surface area (Å²) in [4.78, 5) is 0.313. The van der Waals surface area contributed by atoms with Gasteiger partial charge in [-0.3, -0.25) is 0 Å². The highest BCUT2D eigenvalue weighted by molar-refractivity contribution is 9.10. The van der Waals surface area contributed by atoms with Crippen LogP contribution in [0.3, 0.4) is 0 Å². The smallest absolute Gasteiger partial charge is 0.208 e. The van der Waals surface area contributed by atoms with Crippen molar-refractivity contribution in [1.82, 2.24) is 4.72 Å². The minimum absolute atomic E-state index is 0.0228. The van der Waals surface area contributed by atoms with Crippen LogP contribution in [-0.4, -0.2) is 14.5 Å². The molecule has 3 nitrogen and oxygen atoms in total. The summed E-state index contributed by atoms with van der Waals surface area (Å²) in [6.07, 6.45) is 3.06. The average Bonchev–Trinajstić information content (AvgIpc) is 2.58. The van der Waals surface area contributed by atoms with E-state index in [4.69, 9.17) is 0 Å². The van der Waals surface area contributed by atoms with Crippen molar-refractivity contribution in [3.05, 3.63) is 28.7 Å². The zero-order valence-electron chi connectivity index (χ0n) is 10.6. The topological polar surface area (TPSA) is 46.2 Å². The molecule has 1 aliphatic carbocycles. The third-order valence-electron chi connectivity index (χ3n) is 3.68. The highest BCUT2D eigenvalue weighted by Crippen LogP contribution is 2.38. The summed E-state index contributed by atoms with van der Waals surface area (Å²) in [7, 11) is -3.44. The van der Waals surface area contributed by atoms with Crippen molar-refractivity contribution in [3.8, 4) is 0 Å². The second-order valence-electron chi connectivity index (χ2n) is 5.49. The maximum absolute atomic E-state index is 12.4. The van der Waals surface area contributed by atoms with Crippen LogP contribution < -0.4 is 4.72 Å². The van der Waals surface area contributed by atoms with Crippen molar-refractivity contribution in [1.29, 1.82) is 0 Å². The quantitative estimate of drug-likeness (QED) is 0.923. The molecule has 100 valence electrons. The Kier molecular flexibility index (Phi) is 3.85. The molecule has 0 aliphatic heterocycles. The summed E-state index contributed by atoms with van der Waals surface area (Å²) in [6, 6.07) is 6.93. The summed E-state index contributed by atoms with van der Waals surface area (Å²) in [6.45, 7) is 4.24. The fraction of sp³-hybridized carbons (Fsp3) is 0.538. The molecule has 1 aromatic rings. The third kappa shape index (κ3) is 2.78. The van der Waals surface area contributed by atoms with E-state index in [9.17, 15) is 8.42 Å². The number of nitrogens with one attached hydrogen (secondary N) is 1. The first-order valence-corrected chi connectivity index (χ1v) is 8.37. The van der Waals surface area contributed by atoms with Gasteiger partial charge in [-0.1, -0.05) is 32.4 Å². The molecule has 0 heterocycles. The first kappa shape index (κ1) is 14.0. The van der Waals surface area contributed by atoms with Gasteiger partial charge in [0.05, 0.1) is 4.90 Å². The van der Waals surface area contributed by atoms with Gasteiger partial charge in [-0.15, -0.1) is 0 Å². The molecule has 1 fully saturated rings. The van der Waals surface area contributed by atoms with Gasteiger partial charge in [-0.25, -0.2) is 13.1 Å². The molecule has 0 radical (unpaired) electrons. The van der Waals surface area contributed by atoms with E-state index in [2.05, 4.69) is 34.5 Å². The van der Waals surface area contributed by atoms with Crippen molar-refractivity contribution in [2.24, 2.45) is 5.41 Å². The number of rotatable bonds is 3. The first-order valence-electron chi connectivity index (χ1n) is 6.10. The minimum Gasteiger partial charge on any atom is -0.208 e.